The standard InChI is InChI=1S/C16H27NO2/c1-4-10-18-11-9-17-12-15-5-7-16(8-6-15)13-19-14(2)3/h5-8,14,17H,4,9-13H2,1-3H3. The number of hydrogen-bond donors (Lipinski definition) is 1. The molecule has 1 aromatic carbocycles. The fourth-order valence-electron chi connectivity index (χ4n) is 1.64. The van der Waals surface area contributed by atoms with Crippen LogP contribution in [0.1, 0.15) is 38.3 Å². The van der Waals surface area contributed by atoms with E-state index >= 15 is 0 Å². The molecule has 3 heteroatoms. The Balaban J connectivity index is 2.17. The third-order valence-corrected chi connectivity index (χ3v) is 2.71. The molecule has 0 saturated carbocycles. The molecular formula is C16H27NO2. The van der Waals surface area contributed by atoms with Crippen molar-refractivity contribution in [2.45, 2.75) is 46.4 Å². The lowest BCUT2D eigenvalue weighted by Crippen LogP contribution is -2.19. The molecule has 0 saturated heterocycles. The summed E-state index contributed by atoms with van der Waals surface area (Å²) in [5.74, 6) is 0. The highest BCUT2D eigenvalue weighted by molar-refractivity contribution is 5.21. The molecule has 3 nitrogen and oxygen atoms in total. The maximum Gasteiger partial charge on any atom is 0.0720 e. The molecule has 1 N–H and O–H groups in total. The van der Waals surface area contributed by atoms with E-state index in [1.54, 1.807) is 0 Å². The molecule has 108 valence electrons. The van der Waals surface area contributed by atoms with E-state index in [0.29, 0.717) is 6.61 Å². The van der Waals surface area contributed by atoms with Gasteiger partial charge in [0, 0.05) is 19.7 Å². The van der Waals surface area contributed by atoms with Crippen LogP contribution >= 0.6 is 0 Å². The summed E-state index contributed by atoms with van der Waals surface area (Å²) in [6, 6.07) is 8.57. The molecular weight excluding hydrogens is 238 g/mol. The van der Waals surface area contributed by atoms with E-state index < -0.39 is 0 Å². The van der Waals surface area contributed by atoms with Crippen molar-refractivity contribution in [1.82, 2.24) is 5.32 Å². The zero-order valence-electron chi connectivity index (χ0n) is 12.4. The van der Waals surface area contributed by atoms with E-state index in [2.05, 4.69) is 50.4 Å². The first-order chi connectivity index (χ1) is 9.22. The van der Waals surface area contributed by atoms with E-state index in [-0.39, 0.29) is 6.10 Å². The van der Waals surface area contributed by atoms with Gasteiger partial charge in [0.05, 0.1) is 19.3 Å². The third-order valence-electron chi connectivity index (χ3n) is 2.71. The van der Waals surface area contributed by atoms with Crippen LogP contribution in [0.25, 0.3) is 0 Å². The van der Waals surface area contributed by atoms with Crippen LogP contribution in [0.5, 0.6) is 0 Å². The number of ether oxygens (including phenoxy) is 2. The highest BCUT2D eigenvalue weighted by atomic mass is 16.5. The van der Waals surface area contributed by atoms with Crippen molar-refractivity contribution in [2.24, 2.45) is 0 Å². The SMILES string of the molecule is CCCOCCNCc1ccc(COC(C)C)cc1. The first kappa shape index (κ1) is 16.2. The van der Waals surface area contributed by atoms with E-state index in [4.69, 9.17) is 9.47 Å². The van der Waals surface area contributed by atoms with Crippen LogP contribution in [-0.4, -0.2) is 25.9 Å². The lowest BCUT2D eigenvalue weighted by atomic mass is 10.1. The first-order valence-electron chi connectivity index (χ1n) is 7.20. The van der Waals surface area contributed by atoms with Crippen LogP contribution < -0.4 is 5.32 Å². The molecule has 0 bridgehead atoms. The Bertz CT molecular complexity index is 322. The molecule has 0 unspecified atom stereocenters. The predicted octanol–water partition coefficient (Wildman–Crippen LogP) is 3.13. The number of hydrogen-bond acceptors (Lipinski definition) is 3. The molecule has 0 amide bonds. The van der Waals surface area contributed by atoms with Crippen molar-refractivity contribution in [3.8, 4) is 0 Å². The summed E-state index contributed by atoms with van der Waals surface area (Å²) in [6.07, 6.45) is 1.37. The van der Waals surface area contributed by atoms with Crippen molar-refractivity contribution in [3.63, 3.8) is 0 Å². The number of benzene rings is 1. The number of rotatable bonds is 10. The summed E-state index contributed by atoms with van der Waals surface area (Å²) in [6.45, 7) is 10.4. The van der Waals surface area contributed by atoms with Crippen molar-refractivity contribution in [3.05, 3.63) is 35.4 Å². The van der Waals surface area contributed by atoms with Gasteiger partial charge >= 0.3 is 0 Å². The van der Waals surface area contributed by atoms with Crippen molar-refractivity contribution < 1.29 is 9.47 Å². The molecule has 19 heavy (non-hydrogen) atoms. The number of nitrogens with one attached hydrogen (secondary N) is 1. The lowest BCUT2D eigenvalue weighted by molar-refractivity contribution is 0.0657. The van der Waals surface area contributed by atoms with Gasteiger partial charge in [0.15, 0.2) is 0 Å². The highest BCUT2D eigenvalue weighted by Crippen LogP contribution is 2.06. The summed E-state index contributed by atoms with van der Waals surface area (Å²) in [7, 11) is 0. The molecule has 0 aliphatic heterocycles. The molecule has 0 fully saturated rings. The van der Waals surface area contributed by atoms with Crippen molar-refractivity contribution >= 4 is 0 Å². The van der Waals surface area contributed by atoms with Gasteiger partial charge in [-0.2, -0.15) is 0 Å². The summed E-state index contributed by atoms with van der Waals surface area (Å²) in [5.41, 5.74) is 2.52. The Morgan fingerprint density at radius 1 is 1.05 bits per heavy atom. The van der Waals surface area contributed by atoms with Crippen molar-refractivity contribution in [2.75, 3.05) is 19.8 Å². The van der Waals surface area contributed by atoms with Crippen LogP contribution in [0.3, 0.4) is 0 Å². The van der Waals surface area contributed by atoms with Gasteiger partial charge in [0.1, 0.15) is 0 Å². The molecule has 1 aromatic rings. The van der Waals surface area contributed by atoms with Crippen LogP contribution in [0.15, 0.2) is 24.3 Å². The van der Waals surface area contributed by atoms with E-state index in [1.165, 1.54) is 11.1 Å². The molecule has 0 aliphatic rings. The highest BCUT2D eigenvalue weighted by Gasteiger charge is 1.97. The maximum absolute atomic E-state index is 5.57. The average Bonchev–Trinajstić information content (AvgIpc) is 2.41. The van der Waals surface area contributed by atoms with Gasteiger partial charge in [0.25, 0.3) is 0 Å². The zero-order valence-corrected chi connectivity index (χ0v) is 12.4. The largest absolute Gasteiger partial charge is 0.380 e. The Morgan fingerprint density at radius 3 is 2.37 bits per heavy atom. The lowest BCUT2D eigenvalue weighted by Gasteiger charge is -2.09. The van der Waals surface area contributed by atoms with Gasteiger partial charge in [-0.3, -0.25) is 0 Å². The molecule has 0 spiro atoms. The van der Waals surface area contributed by atoms with Crippen LogP contribution in [0, 0.1) is 0 Å². The van der Waals surface area contributed by atoms with Gasteiger partial charge in [0.2, 0.25) is 0 Å². The van der Waals surface area contributed by atoms with Gasteiger partial charge in [-0.05, 0) is 31.4 Å². The van der Waals surface area contributed by atoms with Crippen LogP contribution in [0.2, 0.25) is 0 Å². The van der Waals surface area contributed by atoms with Gasteiger partial charge in [-0.1, -0.05) is 31.2 Å². The molecule has 0 radical (unpaired) electrons. The van der Waals surface area contributed by atoms with Crippen LogP contribution in [0.4, 0.5) is 0 Å². The fourth-order valence-corrected chi connectivity index (χ4v) is 1.64. The summed E-state index contributed by atoms with van der Waals surface area (Å²) >= 11 is 0. The average molecular weight is 265 g/mol. The quantitative estimate of drug-likeness (QED) is 0.659. The Labute approximate surface area is 117 Å². The maximum atomic E-state index is 5.57. The van der Waals surface area contributed by atoms with E-state index in [9.17, 15) is 0 Å². The molecule has 0 heterocycles. The predicted molar refractivity (Wildman–Crippen MR) is 79.2 cm³/mol. The Morgan fingerprint density at radius 2 is 1.74 bits per heavy atom. The summed E-state index contributed by atoms with van der Waals surface area (Å²) in [5, 5.41) is 3.37. The van der Waals surface area contributed by atoms with E-state index in [1.807, 2.05) is 0 Å². The molecule has 0 aliphatic carbocycles. The topological polar surface area (TPSA) is 30.5 Å². The minimum absolute atomic E-state index is 0.282. The molecule has 1 rings (SSSR count). The monoisotopic (exact) mass is 265 g/mol. The normalized spacial score (nSPS) is 11.2. The molecule has 0 aromatic heterocycles. The second kappa shape index (κ2) is 9.96. The van der Waals surface area contributed by atoms with Gasteiger partial charge in [-0.15, -0.1) is 0 Å². The minimum atomic E-state index is 0.282. The van der Waals surface area contributed by atoms with Gasteiger partial charge < -0.3 is 14.8 Å². The first-order valence-corrected chi connectivity index (χ1v) is 7.20. The minimum Gasteiger partial charge on any atom is -0.380 e. The second-order valence-corrected chi connectivity index (χ2v) is 4.97. The molecule has 0 atom stereocenters. The summed E-state index contributed by atoms with van der Waals surface area (Å²) in [4.78, 5) is 0. The Hall–Kier alpha value is -0.900. The smallest absolute Gasteiger partial charge is 0.0720 e. The summed E-state index contributed by atoms with van der Waals surface area (Å²) < 4.78 is 11.0. The Kier molecular flexibility index (Phi) is 8.47. The zero-order chi connectivity index (χ0) is 13.9. The van der Waals surface area contributed by atoms with Crippen molar-refractivity contribution in [1.29, 1.82) is 0 Å². The second-order valence-electron chi connectivity index (χ2n) is 4.97. The van der Waals surface area contributed by atoms with E-state index in [0.717, 1.165) is 32.7 Å². The van der Waals surface area contributed by atoms with Crippen LogP contribution in [-0.2, 0) is 22.6 Å². The fraction of sp³-hybridized carbons (Fsp3) is 0.625. The third kappa shape index (κ3) is 7.98. The van der Waals surface area contributed by atoms with Gasteiger partial charge in [-0.25, -0.2) is 0 Å².